The van der Waals surface area contributed by atoms with Crippen molar-refractivity contribution in [2.24, 2.45) is 0 Å². The molecule has 17 heavy (non-hydrogen) atoms. The summed E-state index contributed by atoms with van der Waals surface area (Å²) in [7, 11) is 0. The van der Waals surface area contributed by atoms with Gasteiger partial charge in [0.05, 0.1) is 5.02 Å². The zero-order valence-corrected chi connectivity index (χ0v) is 10.3. The lowest BCUT2D eigenvalue weighted by Crippen LogP contribution is -2.13. The molecule has 0 saturated heterocycles. The highest BCUT2D eigenvalue weighted by atomic mass is 35.5. The van der Waals surface area contributed by atoms with Gasteiger partial charge in [-0.3, -0.25) is 4.79 Å². The van der Waals surface area contributed by atoms with Crippen LogP contribution in [0.15, 0.2) is 12.3 Å². The Kier molecular flexibility index (Phi) is 3.02. The molecule has 6 heteroatoms. The van der Waals surface area contributed by atoms with Gasteiger partial charge >= 0.3 is 5.97 Å². The second-order valence-electron chi connectivity index (χ2n) is 4.10. The Morgan fingerprint density at radius 2 is 2.29 bits per heavy atom. The van der Waals surface area contributed by atoms with Gasteiger partial charge in [0.25, 0.3) is 0 Å². The fourth-order valence-electron chi connectivity index (χ4n) is 1.74. The summed E-state index contributed by atoms with van der Waals surface area (Å²) in [6.45, 7) is 3.78. The minimum atomic E-state index is -0.914. The Morgan fingerprint density at radius 1 is 1.59 bits per heavy atom. The molecule has 0 aromatic carbocycles. The van der Waals surface area contributed by atoms with Gasteiger partial charge in [-0.25, -0.2) is 9.97 Å². The number of nitrogens with zero attached hydrogens (tertiary/aromatic N) is 3. The SMILES string of the molecule is CC(C)c1nc2cc(Cl)cnc2n1CC(=O)O. The van der Waals surface area contributed by atoms with E-state index in [4.69, 9.17) is 16.7 Å². The van der Waals surface area contributed by atoms with Gasteiger partial charge in [-0.1, -0.05) is 25.4 Å². The number of aromatic nitrogens is 3. The number of carbonyl (C=O) groups is 1. The van der Waals surface area contributed by atoms with Gasteiger partial charge in [0.15, 0.2) is 5.65 Å². The minimum Gasteiger partial charge on any atom is -0.480 e. The quantitative estimate of drug-likeness (QED) is 0.911. The van der Waals surface area contributed by atoms with Crippen molar-refractivity contribution >= 4 is 28.7 Å². The van der Waals surface area contributed by atoms with Gasteiger partial charge < -0.3 is 9.67 Å². The monoisotopic (exact) mass is 253 g/mol. The van der Waals surface area contributed by atoms with Crippen LogP contribution in [0.5, 0.6) is 0 Å². The van der Waals surface area contributed by atoms with Crippen LogP contribution >= 0.6 is 11.6 Å². The summed E-state index contributed by atoms with van der Waals surface area (Å²) < 4.78 is 1.61. The third kappa shape index (κ3) is 2.24. The first-order valence-corrected chi connectivity index (χ1v) is 5.60. The molecule has 0 radical (unpaired) electrons. The maximum atomic E-state index is 10.8. The number of aliphatic carboxylic acids is 1. The van der Waals surface area contributed by atoms with Crippen LogP contribution in [-0.4, -0.2) is 25.6 Å². The molecule has 0 fully saturated rings. The average molecular weight is 254 g/mol. The summed E-state index contributed by atoms with van der Waals surface area (Å²) in [4.78, 5) is 19.4. The molecule has 5 nitrogen and oxygen atoms in total. The van der Waals surface area contributed by atoms with E-state index in [9.17, 15) is 4.79 Å². The molecule has 0 atom stereocenters. The summed E-state index contributed by atoms with van der Waals surface area (Å²) >= 11 is 5.84. The average Bonchev–Trinajstić information content (AvgIpc) is 2.55. The number of carboxylic acid groups (broad SMARTS) is 1. The van der Waals surface area contributed by atoms with E-state index in [2.05, 4.69) is 9.97 Å². The lowest BCUT2D eigenvalue weighted by atomic mass is 10.2. The largest absolute Gasteiger partial charge is 0.480 e. The van der Waals surface area contributed by atoms with Crippen LogP contribution in [0.2, 0.25) is 5.02 Å². The molecule has 0 amide bonds. The van der Waals surface area contributed by atoms with Gasteiger partial charge in [-0.05, 0) is 6.07 Å². The van der Waals surface area contributed by atoms with E-state index in [-0.39, 0.29) is 12.5 Å². The molecular weight excluding hydrogens is 242 g/mol. The number of carboxylic acids is 1. The van der Waals surface area contributed by atoms with E-state index in [1.807, 2.05) is 13.8 Å². The van der Waals surface area contributed by atoms with Crippen molar-refractivity contribution < 1.29 is 9.90 Å². The van der Waals surface area contributed by atoms with Gasteiger partial charge in [-0.2, -0.15) is 0 Å². The van der Waals surface area contributed by atoms with E-state index in [0.29, 0.717) is 22.0 Å². The summed E-state index contributed by atoms with van der Waals surface area (Å²) in [5, 5.41) is 9.40. The number of halogens is 1. The summed E-state index contributed by atoms with van der Waals surface area (Å²) in [5.41, 5.74) is 1.18. The van der Waals surface area contributed by atoms with Crippen molar-refractivity contribution in [2.75, 3.05) is 0 Å². The molecular formula is C11H12ClN3O2. The molecule has 0 aliphatic rings. The topological polar surface area (TPSA) is 68.0 Å². The molecule has 1 N–H and O–H groups in total. The van der Waals surface area contributed by atoms with Crippen LogP contribution in [-0.2, 0) is 11.3 Å². The minimum absolute atomic E-state index is 0.127. The van der Waals surface area contributed by atoms with Crippen LogP contribution in [0.1, 0.15) is 25.6 Å². The van der Waals surface area contributed by atoms with Crippen molar-refractivity contribution in [3.05, 3.63) is 23.1 Å². The predicted molar refractivity (Wildman–Crippen MR) is 64.3 cm³/mol. The maximum absolute atomic E-state index is 10.8. The summed E-state index contributed by atoms with van der Waals surface area (Å²) in [5.74, 6) is -0.0811. The molecule has 2 aromatic rings. The lowest BCUT2D eigenvalue weighted by molar-refractivity contribution is -0.137. The molecule has 2 rings (SSSR count). The first kappa shape index (κ1) is 11.9. The molecule has 0 unspecified atom stereocenters. The van der Waals surface area contributed by atoms with Crippen molar-refractivity contribution in [1.29, 1.82) is 0 Å². The predicted octanol–water partition coefficient (Wildman–Crippen LogP) is 2.29. The number of pyridine rings is 1. The van der Waals surface area contributed by atoms with E-state index < -0.39 is 5.97 Å². The molecule has 90 valence electrons. The smallest absolute Gasteiger partial charge is 0.323 e. The highest BCUT2D eigenvalue weighted by molar-refractivity contribution is 6.31. The van der Waals surface area contributed by atoms with Crippen LogP contribution in [0, 0.1) is 0 Å². The first-order chi connectivity index (χ1) is 7.99. The Morgan fingerprint density at radius 3 is 2.88 bits per heavy atom. The number of imidazole rings is 1. The second kappa shape index (κ2) is 4.33. The molecule has 0 saturated carbocycles. The van der Waals surface area contributed by atoms with Crippen LogP contribution in [0.4, 0.5) is 0 Å². The van der Waals surface area contributed by atoms with Crippen molar-refractivity contribution in [1.82, 2.24) is 14.5 Å². The third-order valence-corrected chi connectivity index (χ3v) is 2.60. The molecule has 2 heterocycles. The summed E-state index contributed by atoms with van der Waals surface area (Å²) in [6.07, 6.45) is 1.49. The Bertz CT molecular complexity index is 577. The van der Waals surface area contributed by atoms with Crippen LogP contribution in [0.3, 0.4) is 0 Å². The highest BCUT2D eigenvalue weighted by Crippen LogP contribution is 2.22. The Balaban J connectivity index is 2.66. The van der Waals surface area contributed by atoms with E-state index in [1.54, 1.807) is 10.6 Å². The first-order valence-electron chi connectivity index (χ1n) is 5.22. The number of rotatable bonds is 3. The lowest BCUT2D eigenvalue weighted by Gasteiger charge is -2.07. The van der Waals surface area contributed by atoms with E-state index in [1.165, 1.54) is 6.20 Å². The standard InChI is InChI=1S/C11H12ClN3O2/c1-6(2)10-14-8-3-7(12)4-13-11(8)15(10)5-9(16)17/h3-4,6H,5H2,1-2H3,(H,16,17). The van der Waals surface area contributed by atoms with Gasteiger partial charge in [-0.15, -0.1) is 0 Å². The van der Waals surface area contributed by atoms with Crippen LogP contribution < -0.4 is 0 Å². The second-order valence-corrected chi connectivity index (χ2v) is 4.54. The third-order valence-electron chi connectivity index (χ3n) is 2.39. The molecule has 0 aliphatic heterocycles. The highest BCUT2D eigenvalue weighted by Gasteiger charge is 2.16. The van der Waals surface area contributed by atoms with Gasteiger partial charge in [0.2, 0.25) is 0 Å². The fourth-order valence-corrected chi connectivity index (χ4v) is 1.89. The van der Waals surface area contributed by atoms with Crippen molar-refractivity contribution in [3.63, 3.8) is 0 Å². The molecule has 0 bridgehead atoms. The summed E-state index contributed by atoms with van der Waals surface area (Å²) in [6, 6.07) is 1.69. The van der Waals surface area contributed by atoms with Crippen molar-refractivity contribution in [3.8, 4) is 0 Å². The Labute approximate surface area is 103 Å². The molecule has 0 spiro atoms. The normalized spacial score (nSPS) is 11.3. The van der Waals surface area contributed by atoms with Gasteiger partial charge in [0, 0.05) is 12.1 Å². The van der Waals surface area contributed by atoms with E-state index >= 15 is 0 Å². The van der Waals surface area contributed by atoms with Gasteiger partial charge in [0.1, 0.15) is 17.9 Å². The van der Waals surface area contributed by atoms with Crippen molar-refractivity contribution in [2.45, 2.75) is 26.3 Å². The maximum Gasteiger partial charge on any atom is 0.323 e. The zero-order valence-electron chi connectivity index (χ0n) is 9.51. The Hall–Kier alpha value is -1.62. The van der Waals surface area contributed by atoms with E-state index in [0.717, 1.165) is 0 Å². The number of fused-ring (bicyclic) bond motifs is 1. The number of hydrogen-bond acceptors (Lipinski definition) is 3. The zero-order chi connectivity index (χ0) is 12.6. The number of hydrogen-bond donors (Lipinski definition) is 1. The van der Waals surface area contributed by atoms with Crippen LogP contribution in [0.25, 0.3) is 11.2 Å². The molecule has 0 aliphatic carbocycles. The molecule has 2 aromatic heterocycles. The fraction of sp³-hybridized carbons (Fsp3) is 0.364.